The smallest absolute Gasteiger partial charge is 0.315 e. The van der Waals surface area contributed by atoms with E-state index in [9.17, 15) is 4.79 Å². The van der Waals surface area contributed by atoms with Crippen LogP contribution in [0.4, 0.5) is 4.79 Å². The van der Waals surface area contributed by atoms with Gasteiger partial charge in [-0.15, -0.1) is 0 Å². The van der Waals surface area contributed by atoms with Crippen LogP contribution in [-0.2, 0) is 6.54 Å². The molecule has 0 unspecified atom stereocenters. The lowest BCUT2D eigenvalue weighted by Gasteiger charge is -2.22. The summed E-state index contributed by atoms with van der Waals surface area (Å²) < 4.78 is 0. The van der Waals surface area contributed by atoms with Gasteiger partial charge in [0.15, 0.2) is 0 Å². The largest absolute Gasteiger partial charge is 0.335 e. The minimum Gasteiger partial charge on any atom is -0.335 e. The van der Waals surface area contributed by atoms with E-state index < -0.39 is 0 Å². The molecule has 6 heteroatoms. The fourth-order valence-electron chi connectivity index (χ4n) is 2.78. The maximum Gasteiger partial charge on any atom is 0.315 e. The summed E-state index contributed by atoms with van der Waals surface area (Å²) in [4.78, 5) is 20.8. The number of aromatic nitrogens is 2. The van der Waals surface area contributed by atoms with Gasteiger partial charge in [0.25, 0.3) is 0 Å². The predicted octanol–water partition coefficient (Wildman–Crippen LogP) is 3.34. The van der Waals surface area contributed by atoms with Gasteiger partial charge in [-0.05, 0) is 24.3 Å². The molecule has 0 aliphatic heterocycles. The molecule has 2 aromatic heterocycles. The average molecular weight is 316 g/mol. The van der Waals surface area contributed by atoms with Gasteiger partial charge in [0, 0.05) is 29.4 Å². The highest BCUT2D eigenvalue weighted by Crippen LogP contribution is 2.22. The highest BCUT2D eigenvalue weighted by Gasteiger charge is 2.16. The second-order valence-electron chi connectivity index (χ2n) is 5.53. The van der Waals surface area contributed by atoms with Crippen molar-refractivity contribution in [2.75, 3.05) is 0 Å². The molecule has 1 aliphatic carbocycles. The number of carbonyl (C=O) groups is 1. The lowest BCUT2D eigenvalue weighted by atomic mass is 9.96. The van der Waals surface area contributed by atoms with E-state index in [2.05, 4.69) is 20.6 Å². The Morgan fingerprint density at radius 3 is 2.82 bits per heavy atom. The van der Waals surface area contributed by atoms with E-state index >= 15 is 0 Å². The van der Waals surface area contributed by atoms with E-state index in [1.54, 1.807) is 23.7 Å². The number of nitrogens with zero attached hydrogens (tertiary/aromatic N) is 2. The molecule has 0 atom stereocenters. The third-order valence-corrected chi connectivity index (χ3v) is 4.61. The van der Waals surface area contributed by atoms with Crippen LogP contribution in [0.5, 0.6) is 0 Å². The van der Waals surface area contributed by atoms with E-state index in [1.165, 1.54) is 19.3 Å². The highest BCUT2D eigenvalue weighted by molar-refractivity contribution is 7.08. The molecule has 1 aliphatic rings. The zero-order chi connectivity index (χ0) is 15.2. The van der Waals surface area contributed by atoms with Crippen LogP contribution in [0.25, 0.3) is 11.3 Å². The molecule has 1 saturated carbocycles. The summed E-state index contributed by atoms with van der Waals surface area (Å²) in [5.74, 6) is 0. The van der Waals surface area contributed by atoms with E-state index in [1.807, 2.05) is 16.8 Å². The predicted molar refractivity (Wildman–Crippen MR) is 87.6 cm³/mol. The Kier molecular flexibility index (Phi) is 5.00. The Labute approximate surface area is 134 Å². The van der Waals surface area contributed by atoms with Gasteiger partial charge in [-0.3, -0.25) is 9.97 Å². The lowest BCUT2D eigenvalue weighted by Crippen LogP contribution is -2.42. The molecule has 0 saturated heterocycles. The molecule has 2 N–H and O–H groups in total. The molecule has 3 rings (SSSR count). The quantitative estimate of drug-likeness (QED) is 0.909. The molecule has 2 amide bonds. The van der Waals surface area contributed by atoms with Crippen LogP contribution in [0.3, 0.4) is 0 Å². The third-order valence-electron chi connectivity index (χ3n) is 3.93. The van der Waals surface area contributed by atoms with Gasteiger partial charge in [-0.2, -0.15) is 11.3 Å². The normalized spacial score (nSPS) is 15.5. The van der Waals surface area contributed by atoms with Crippen molar-refractivity contribution in [3.05, 3.63) is 34.9 Å². The van der Waals surface area contributed by atoms with Crippen LogP contribution in [0, 0.1) is 0 Å². The summed E-state index contributed by atoms with van der Waals surface area (Å²) in [6.45, 7) is 0.386. The Balaban J connectivity index is 1.58. The zero-order valence-electron chi connectivity index (χ0n) is 12.4. The van der Waals surface area contributed by atoms with Gasteiger partial charge in [-0.1, -0.05) is 19.3 Å². The first-order valence-electron chi connectivity index (χ1n) is 7.70. The summed E-state index contributed by atoms with van der Waals surface area (Å²) in [6, 6.07) is 2.21. The van der Waals surface area contributed by atoms with Crippen LogP contribution >= 0.6 is 11.3 Å². The molecule has 5 nitrogen and oxygen atoms in total. The number of rotatable bonds is 4. The van der Waals surface area contributed by atoms with Crippen LogP contribution in [-0.4, -0.2) is 22.0 Å². The molecule has 0 radical (unpaired) electrons. The van der Waals surface area contributed by atoms with Gasteiger partial charge < -0.3 is 10.6 Å². The molecular formula is C16H20N4OS. The van der Waals surface area contributed by atoms with Crippen LogP contribution in [0.2, 0.25) is 0 Å². The average Bonchev–Trinajstić information content (AvgIpc) is 3.08. The molecule has 0 aromatic carbocycles. The number of hydrogen-bond acceptors (Lipinski definition) is 4. The Morgan fingerprint density at radius 1 is 1.23 bits per heavy atom. The Bertz CT molecular complexity index is 608. The maximum atomic E-state index is 12.0. The first kappa shape index (κ1) is 15.0. The first-order valence-corrected chi connectivity index (χ1v) is 8.64. The highest BCUT2D eigenvalue weighted by atomic mass is 32.1. The van der Waals surface area contributed by atoms with Crippen molar-refractivity contribution in [2.24, 2.45) is 0 Å². The minimum absolute atomic E-state index is 0.117. The molecule has 22 heavy (non-hydrogen) atoms. The summed E-state index contributed by atoms with van der Waals surface area (Å²) >= 11 is 1.62. The van der Waals surface area contributed by atoms with E-state index in [-0.39, 0.29) is 6.03 Å². The Hall–Kier alpha value is -1.95. The van der Waals surface area contributed by atoms with Crippen molar-refractivity contribution >= 4 is 17.4 Å². The van der Waals surface area contributed by atoms with Crippen molar-refractivity contribution in [2.45, 2.75) is 44.7 Å². The zero-order valence-corrected chi connectivity index (χ0v) is 13.2. The van der Waals surface area contributed by atoms with Crippen LogP contribution in [0.1, 0.15) is 37.8 Å². The van der Waals surface area contributed by atoms with E-state index in [4.69, 9.17) is 0 Å². The van der Waals surface area contributed by atoms with Gasteiger partial charge in [0.2, 0.25) is 0 Å². The monoisotopic (exact) mass is 316 g/mol. The number of carbonyl (C=O) groups excluding carboxylic acids is 1. The maximum absolute atomic E-state index is 12.0. The second-order valence-corrected chi connectivity index (χ2v) is 6.31. The first-order chi connectivity index (χ1) is 10.8. The SMILES string of the molecule is O=C(NCc1nccnc1-c1ccsc1)NC1CCCCC1. The van der Waals surface area contributed by atoms with Gasteiger partial charge in [0.1, 0.15) is 0 Å². The topological polar surface area (TPSA) is 66.9 Å². The molecule has 2 aromatic rings. The van der Waals surface area contributed by atoms with Crippen molar-refractivity contribution < 1.29 is 4.79 Å². The van der Waals surface area contributed by atoms with Crippen molar-refractivity contribution in [3.63, 3.8) is 0 Å². The van der Waals surface area contributed by atoms with Crippen molar-refractivity contribution in [3.8, 4) is 11.3 Å². The fourth-order valence-corrected chi connectivity index (χ4v) is 3.42. The van der Waals surface area contributed by atoms with Gasteiger partial charge in [0.05, 0.1) is 17.9 Å². The van der Waals surface area contributed by atoms with Crippen molar-refractivity contribution in [1.29, 1.82) is 0 Å². The van der Waals surface area contributed by atoms with Crippen molar-refractivity contribution in [1.82, 2.24) is 20.6 Å². The van der Waals surface area contributed by atoms with Gasteiger partial charge >= 0.3 is 6.03 Å². The van der Waals surface area contributed by atoms with Crippen LogP contribution < -0.4 is 10.6 Å². The number of hydrogen-bond donors (Lipinski definition) is 2. The summed E-state index contributed by atoms with van der Waals surface area (Å²) in [5, 5.41) is 9.99. The summed E-state index contributed by atoms with van der Waals surface area (Å²) in [7, 11) is 0. The number of thiophene rings is 1. The molecule has 2 heterocycles. The van der Waals surface area contributed by atoms with E-state index in [0.717, 1.165) is 29.8 Å². The van der Waals surface area contributed by atoms with Gasteiger partial charge in [-0.25, -0.2) is 4.79 Å². The fraction of sp³-hybridized carbons (Fsp3) is 0.438. The number of urea groups is 1. The van der Waals surface area contributed by atoms with E-state index in [0.29, 0.717) is 12.6 Å². The summed E-state index contributed by atoms with van der Waals surface area (Å²) in [5.41, 5.74) is 2.67. The number of amides is 2. The second kappa shape index (κ2) is 7.35. The molecule has 116 valence electrons. The standard InChI is InChI=1S/C16H20N4OS/c21-16(20-13-4-2-1-3-5-13)19-10-14-15(18-8-7-17-14)12-6-9-22-11-12/h6-9,11,13H,1-5,10H2,(H2,19,20,21). The molecular weight excluding hydrogens is 296 g/mol. The molecule has 0 bridgehead atoms. The summed E-state index contributed by atoms with van der Waals surface area (Å²) in [6.07, 6.45) is 9.19. The molecule has 0 spiro atoms. The third kappa shape index (κ3) is 3.82. The minimum atomic E-state index is -0.117. The Morgan fingerprint density at radius 2 is 2.05 bits per heavy atom. The number of nitrogens with one attached hydrogen (secondary N) is 2. The lowest BCUT2D eigenvalue weighted by molar-refractivity contribution is 0.232. The molecule has 1 fully saturated rings. The van der Waals surface area contributed by atoms with Crippen LogP contribution in [0.15, 0.2) is 29.2 Å².